The molecule has 0 heterocycles. The average Bonchev–Trinajstić information content (AvgIpc) is 2.10. The van der Waals surface area contributed by atoms with Crippen molar-refractivity contribution in [2.45, 2.75) is 0 Å². The Morgan fingerprint density at radius 2 is 1.75 bits per heavy atom. The summed E-state index contributed by atoms with van der Waals surface area (Å²) < 4.78 is 9.94. The molecule has 0 radical (unpaired) electrons. The van der Waals surface area contributed by atoms with Gasteiger partial charge >= 0.3 is 0 Å². The Morgan fingerprint density at radius 3 is 2.33 bits per heavy atom. The third-order valence-corrected chi connectivity index (χ3v) is 1.12. The van der Waals surface area contributed by atoms with E-state index < -0.39 is 0 Å². The van der Waals surface area contributed by atoms with E-state index in [1.807, 2.05) is 0 Å². The van der Waals surface area contributed by atoms with Gasteiger partial charge in [0.15, 0.2) is 5.78 Å². The van der Waals surface area contributed by atoms with E-state index in [1.54, 1.807) is 0 Å². The Balaban J connectivity index is 2.95. The molecule has 0 saturated heterocycles. The van der Waals surface area contributed by atoms with E-state index in [2.05, 4.69) is 0 Å². The Hall–Kier alpha value is -0.490. The molecule has 0 spiro atoms. The minimum absolute atomic E-state index is 0.0314. The standard InChI is InChI=1S/C7H16N2O3/c8-1-2-11-3-4-12-6-7(10)5-9/h1-6,8-9H2. The SMILES string of the molecule is NCCOCCOCC(=O)CN. The number of carbonyl (C=O) groups is 1. The molecule has 0 aromatic carbocycles. The maximum absolute atomic E-state index is 10.6. The number of nitrogens with two attached hydrogens (primary N) is 2. The fourth-order valence-corrected chi connectivity index (χ4v) is 0.548. The molecule has 0 atom stereocenters. The van der Waals surface area contributed by atoms with Gasteiger partial charge in [-0.1, -0.05) is 0 Å². The molecule has 0 fully saturated rings. The van der Waals surface area contributed by atoms with Crippen LogP contribution in [-0.4, -0.2) is 45.3 Å². The van der Waals surface area contributed by atoms with E-state index in [1.165, 1.54) is 0 Å². The van der Waals surface area contributed by atoms with Crippen LogP contribution in [0.15, 0.2) is 0 Å². The van der Waals surface area contributed by atoms with Crippen molar-refractivity contribution >= 4 is 5.78 Å². The Bertz CT molecular complexity index is 119. The zero-order valence-electron chi connectivity index (χ0n) is 7.12. The predicted molar refractivity (Wildman–Crippen MR) is 44.8 cm³/mol. The van der Waals surface area contributed by atoms with Gasteiger partial charge in [-0.25, -0.2) is 0 Å². The van der Waals surface area contributed by atoms with E-state index in [-0.39, 0.29) is 18.9 Å². The van der Waals surface area contributed by atoms with Crippen LogP contribution in [0.1, 0.15) is 0 Å². The maximum atomic E-state index is 10.6. The molecule has 0 rings (SSSR count). The normalized spacial score (nSPS) is 10.2. The highest BCUT2D eigenvalue weighted by Gasteiger charge is 1.96. The van der Waals surface area contributed by atoms with Crippen molar-refractivity contribution in [2.75, 3.05) is 39.5 Å². The highest BCUT2D eigenvalue weighted by atomic mass is 16.5. The molecule has 0 unspecified atom stereocenters. The number of carbonyl (C=O) groups excluding carboxylic acids is 1. The van der Waals surface area contributed by atoms with E-state index in [0.29, 0.717) is 26.4 Å². The van der Waals surface area contributed by atoms with Crippen LogP contribution in [0.4, 0.5) is 0 Å². The third-order valence-electron chi connectivity index (χ3n) is 1.12. The minimum Gasteiger partial charge on any atom is -0.378 e. The second-order valence-corrected chi connectivity index (χ2v) is 2.20. The van der Waals surface area contributed by atoms with Crippen molar-refractivity contribution in [3.63, 3.8) is 0 Å². The molecule has 0 aromatic rings. The Labute approximate surface area is 72.0 Å². The van der Waals surface area contributed by atoms with Gasteiger partial charge in [-0.05, 0) is 0 Å². The summed E-state index contributed by atoms with van der Waals surface area (Å²) in [5.74, 6) is -0.103. The summed E-state index contributed by atoms with van der Waals surface area (Å²) in [6.07, 6.45) is 0. The van der Waals surface area contributed by atoms with Crippen molar-refractivity contribution in [1.29, 1.82) is 0 Å². The highest BCUT2D eigenvalue weighted by Crippen LogP contribution is 1.78. The first-order chi connectivity index (χ1) is 5.81. The van der Waals surface area contributed by atoms with Crippen molar-refractivity contribution in [1.82, 2.24) is 0 Å². The van der Waals surface area contributed by atoms with Gasteiger partial charge in [0.05, 0.1) is 26.4 Å². The van der Waals surface area contributed by atoms with Crippen LogP contribution in [-0.2, 0) is 14.3 Å². The van der Waals surface area contributed by atoms with Crippen LogP contribution in [0.5, 0.6) is 0 Å². The number of hydrogen-bond donors (Lipinski definition) is 2. The van der Waals surface area contributed by atoms with Crippen molar-refractivity contribution in [3.05, 3.63) is 0 Å². The molecule has 5 heteroatoms. The van der Waals surface area contributed by atoms with Gasteiger partial charge in [-0.2, -0.15) is 0 Å². The molecule has 0 aliphatic carbocycles. The lowest BCUT2D eigenvalue weighted by atomic mass is 10.4. The van der Waals surface area contributed by atoms with Gasteiger partial charge in [-0.15, -0.1) is 0 Å². The number of hydrogen-bond acceptors (Lipinski definition) is 5. The summed E-state index contributed by atoms with van der Waals surface area (Å²) in [6.45, 7) is 2.00. The second kappa shape index (κ2) is 8.61. The molecule has 0 aliphatic heterocycles. The van der Waals surface area contributed by atoms with Crippen LogP contribution in [0.3, 0.4) is 0 Å². The van der Waals surface area contributed by atoms with Gasteiger partial charge in [0.25, 0.3) is 0 Å². The number of rotatable bonds is 8. The lowest BCUT2D eigenvalue weighted by Crippen LogP contribution is -2.20. The maximum Gasteiger partial charge on any atom is 0.171 e. The van der Waals surface area contributed by atoms with Gasteiger partial charge in [-0.3, -0.25) is 4.79 Å². The van der Waals surface area contributed by atoms with Crippen molar-refractivity contribution in [2.24, 2.45) is 11.5 Å². The topological polar surface area (TPSA) is 87.6 Å². The van der Waals surface area contributed by atoms with Gasteiger partial charge in [0.2, 0.25) is 0 Å². The molecule has 0 amide bonds. The molecule has 0 aliphatic rings. The Morgan fingerprint density at radius 1 is 1.08 bits per heavy atom. The van der Waals surface area contributed by atoms with E-state index in [0.717, 1.165) is 0 Å². The van der Waals surface area contributed by atoms with E-state index in [9.17, 15) is 4.79 Å². The number of ketones is 1. The second-order valence-electron chi connectivity index (χ2n) is 2.20. The lowest BCUT2D eigenvalue weighted by Gasteiger charge is -2.02. The molecule has 0 saturated carbocycles. The largest absolute Gasteiger partial charge is 0.378 e. The summed E-state index contributed by atoms with van der Waals surface area (Å²) in [6, 6.07) is 0. The van der Waals surface area contributed by atoms with Crippen LogP contribution in [0.25, 0.3) is 0 Å². The molecule has 4 N–H and O–H groups in total. The van der Waals surface area contributed by atoms with Crippen molar-refractivity contribution in [3.8, 4) is 0 Å². The highest BCUT2D eigenvalue weighted by molar-refractivity contribution is 5.81. The van der Waals surface area contributed by atoms with Gasteiger partial charge < -0.3 is 20.9 Å². The first-order valence-corrected chi connectivity index (χ1v) is 3.88. The molecule has 12 heavy (non-hydrogen) atoms. The minimum atomic E-state index is -0.103. The molecule has 0 bridgehead atoms. The molecular formula is C7H16N2O3. The fraction of sp³-hybridized carbons (Fsp3) is 0.857. The zero-order valence-corrected chi connectivity index (χ0v) is 7.12. The monoisotopic (exact) mass is 176 g/mol. The lowest BCUT2D eigenvalue weighted by molar-refractivity contribution is -0.122. The van der Waals surface area contributed by atoms with Gasteiger partial charge in [0.1, 0.15) is 6.61 Å². The zero-order chi connectivity index (χ0) is 9.23. The van der Waals surface area contributed by atoms with Crippen LogP contribution in [0.2, 0.25) is 0 Å². The quantitative estimate of drug-likeness (QED) is 0.440. The number of Topliss-reactive ketones (excluding diaryl/α,β-unsaturated/α-hetero) is 1. The predicted octanol–water partition coefficient (Wildman–Crippen LogP) is -1.49. The molecule has 0 aromatic heterocycles. The number of ether oxygens (including phenoxy) is 2. The molecule has 5 nitrogen and oxygen atoms in total. The summed E-state index contributed by atoms with van der Waals surface area (Å²) in [5.41, 5.74) is 10.2. The third kappa shape index (κ3) is 7.62. The van der Waals surface area contributed by atoms with E-state index in [4.69, 9.17) is 20.9 Å². The van der Waals surface area contributed by atoms with Crippen molar-refractivity contribution < 1.29 is 14.3 Å². The average molecular weight is 176 g/mol. The van der Waals surface area contributed by atoms with Crippen LogP contribution in [0, 0.1) is 0 Å². The first-order valence-electron chi connectivity index (χ1n) is 3.88. The molecule has 72 valence electrons. The van der Waals surface area contributed by atoms with Crippen LogP contribution >= 0.6 is 0 Å². The fourth-order valence-electron chi connectivity index (χ4n) is 0.548. The summed E-state index contributed by atoms with van der Waals surface area (Å²) in [7, 11) is 0. The molecular weight excluding hydrogens is 160 g/mol. The van der Waals surface area contributed by atoms with Gasteiger partial charge in [0, 0.05) is 6.54 Å². The smallest absolute Gasteiger partial charge is 0.171 e. The first kappa shape index (κ1) is 11.5. The van der Waals surface area contributed by atoms with E-state index >= 15 is 0 Å². The Kier molecular flexibility index (Phi) is 8.25. The summed E-state index contributed by atoms with van der Waals surface area (Å²) in [5, 5.41) is 0. The summed E-state index contributed by atoms with van der Waals surface area (Å²) in [4.78, 5) is 10.6. The summed E-state index contributed by atoms with van der Waals surface area (Å²) >= 11 is 0. The van der Waals surface area contributed by atoms with Crippen LogP contribution < -0.4 is 11.5 Å².